The number of nitrogens with two attached hydrogens (primary N) is 2. The van der Waals surface area contributed by atoms with E-state index in [4.69, 9.17) is 10.5 Å². The summed E-state index contributed by atoms with van der Waals surface area (Å²) in [5.41, 5.74) is 6.43. The standard InChI is InChI=1S/C24H36N4O6/c1-13(2)9-19(26-3)24(33)27-17-11-15(12-20(29)21(17)30)23(32)28-18(22(25)31)10-14-5-7-16(34-4)8-6-14/h5-8,11,13,17-21,26,29-30H,9-10,12H2,1-4H3,(H2,25,31)(H,27,33)(H,28,32)/p+1/t17-,18+,19+,20-,21-/m1/s1. The molecule has 1 aliphatic rings. The van der Waals surface area contributed by atoms with Crippen molar-refractivity contribution in [2.45, 2.75) is 63.4 Å². The van der Waals surface area contributed by atoms with E-state index in [2.05, 4.69) is 10.6 Å². The van der Waals surface area contributed by atoms with E-state index in [9.17, 15) is 24.6 Å². The number of aliphatic hydroxyl groups excluding tert-OH is 2. The van der Waals surface area contributed by atoms with Crippen molar-refractivity contribution >= 4 is 17.7 Å². The second-order valence-corrected chi connectivity index (χ2v) is 9.04. The van der Waals surface area contributed by atoms with Gasteiger partial charge in [0, 0.05) is 24.8 Å². The molecule has 0 aliphatic heterocycles. The first kappa shape index (κ1) is 27.3. The van der Waals surface area contributed by atoms with Crippen LogP contribution in [0.25, 0.3) is 0 Å². The highest BCUT2D eigenvalue weighted by Crippen LogP contribution is 2.21. The molecule has 0 spiro atoms. The Morgan fingerprint density at radius 3 is 2.38 bits per heavy atom. The molecule has 0 fully saturated rings. The fourth-order valence-corrected chi connectivity index (χ4v) is 3.91. The number of primary amides is 1. The maximum absolute atomic E-state index is 12.9. The van der Waals surface area contributed by atoms with Crippen LogP contribution in [0, 0.1) is 5.92 Å². The Morgan fingerprint density at radius 1 is 1.21 bits per heavy atom. The van der Waals surface area contributed by atoms with E-state index < -0.39 is 36.1 Å². The second-order valence-electron chi connectivity index (χ2n) is 9.04. The molecule has 0 bridgehead atoms. The highest BCUT2D eigenvalue weighted by Gasteiger charge is 2.36. The predicted molar refractivity (Wildman–Crippen MR) is 126 cm³/mol. The molecular formula is C24H37N4O6+. The third-order valence-corrected chi connectivity index (χ3v) is 5.88. The molecule has 0 radical (unpaired) electrons. The van der Waals surface area contributed by atoms with Gasteiger partial charge in [-0.05, 0) is 23.6 Å². The number of methoxy groups -OCH3 is 1. The van der Waals surface area contributed by atoms with Crippen LogP contribution < -0.4 is 26.4 Å². The van der Waals surface area contributed by atoms with E-state index >= 15 is 0 Å². The maximum Gasteiger partial charge on any atom is 0.278 e. The summed E-state index contributed by atoms with van der Waals surface area (Å²) in [5.74, 6) is -0.640. The molecule has 1 aromatic carbocycles. The van der Waals surface area contributed by atoms with Crippen LogP contribution in [0.4, 0.5) is 0 Å². The molecule has 34 heavy (non-hydrogen) atoms. The molecule has 0 unspecified atom stereocenters. The van der Waals surface area contributed by atoms with Gasteiger partial charge in [0.25, 0.3) is 5.91 Å². The van der Waals surface area contributed by atoms with E-state index in [0.717, 1.165) is 5.56 Å². The zero-order valence-electron chi connectivity index (χ0n) is 20.2. The molecule has 0 saturated carbocycles. The van der Waals surface area contributed by atoms with Crippen LogP contribution in [0.2, 0.25) is 0 Å². The molecule has 1 aliphatic carbocycles. The Balaban J connectivity index is 2.13. The molecule has 10 heteroatoms. The summed E-state index contributed by atoms with van der Waals surface area (Å²) in [5, 5.41) is 27.8. The summed E-state index contributed by atoms with van der Waals surface area (Å²) >= 11 is 0. The SMILES string of the molecule is C[NH2+][C@@H](CC(C)C)C(=O)N[C@@H]1C=C(C(=O)N[C@@H](Cc2ccc(OC)cc2)C(N)=O)C[C@@H](O)[C@@H]1O. The van der Waals surface area contributed by atoms with Gasteiger partial charge in [-0.3, -0.25) is 14.4 Å². The number of carbonyl (C=O) groups is 3. The molecule has 188 valence electrons. The van der Waals surface area contributed by atoms with Crippen molar-refractivity contribution in [3.05, 3.63) is 41.5 Å². The third-order valence-electron chi connectivity index (χ3n) is 5.88. The lowest BCUT2D eigenvalue weighted by atomic mass is 9.89. The van der Waals surface area contributed by atoms with Crippen molar-refractivity contribution in [1.29, 1.82) is 0 Å². The first-order valence-electron chi connectivity index (χ1n) is 11.5. The summed E-state index contributed by atoms with van der Waals surface area (Å²) in [6.07, 6.45) is -0.397. The van der Waals surface area contributed by atoms with Crippen molar-refractivity contribution in [3.63, 3.8) is 0 Å². The lowest BCUT2D eigenvalue weighted by Gasteiger charge is -2.32. The number of likely N-dealkylation sites (N-methyl/N-ethyl adjacent to an activating group) is 1. The number of ether oxygens (including phenoxy) is 1. The van der Waals surface area contributed by atoms with Crippen LogP contribution in [0.1, 0.15) is 32.3 Å². The van der Waals surface area contributed by atoms with Gasteiger partial charge in [0.05, 0.1) is 26.3 Å². The number of benzene rings is 1. The van der Waals surface area contributed by atoms with E-state index in [1.165, 1.54) is 6.08 Å². The number of nitrogens with one attached hydrogen (secondary N) is 2. The number of hydrogen-bond acceptors (Lipinski definition) is 6. The highest BCUT2D eigenvalue weighted by atomic mass is 16.5. The highest BCUT2D eigenvalue weighted by molar-refractivity contribution is 5.97. The predicted octanol–water partition coefficient (Wildman–Crippen LogP) is -1.65. The van der Waals surface area contributed by atoms with Crippen molar-refractivity contribution < 1.29 is 34.7 Å². The molecule has 5 atom stereocenters. The lowest BCUT2D eigenvalue weighted by molar-refractivity contribution is -0.651. The molecule has 0 aromatic heterocycles. The molecule has 0 saturated heterocycles. The number of rotatable bonds is 11. The van der Waals surface area contributed by atoms with Crippen molar-refractivity contribution in [3.8, 4) is 5.75 Å². The first-order valence-corrected chi connectivity index (χ1v) is 11.5. The summed E-state index contributed by atoms with van der Waals surface area (Å²) in [4.78, 5) is 37.6. The summed E-state index contributed by atoms with van der Waals surface area (Å²) in [7, 11) is 3.34. The molecule has 2 rings (SSSR count). The van der Waals surface area contributed by atoms with Crippen molar-refractivity contribution in [2.24, 2.45) is 11.7 Å². The Bertz CT molecular complexity index is 886. The lowest BCUT2D eigenvalue weighted by Crippen LogP contribution is -2.89. The third kappa shape index (κ3) is 7.54. The largest absolute Gasteiger partial charge is 0.497 e. The van der Waals surface area contributed by atoms with Gasteiger partial charge in [-0.2, -0.15) is 0 Å². The average Bonchev–Trinajstić information content (AvgIpc) is 2.79. The van der Waals surface area contributed by atoms with Gasteiger partial charge in [-0.25, -0.2) is 0 Å². The Hall–Kier alpha value is -2.95. The smallest absolute Gasteiger partial charge is 0.278 e. The van der Waals surface area contributed by atoms with Gasteiger partial charge >= 0.3 is 0 Å². The van der Waals surface area contributed by atoms with Crippen LogP contribution in [-0.4, -0.2) is 72.4 Å². The fraction of sp³-hybridized carbons (Fsp3) is 0.542. The Morgan fingerprint density at radius 2 is 1.85 bits per heavy atom. The minimum Gasteiger partial charge on any atom is -0.497 e. The molecule has 8 N–H and O–H groups in total. The number of carbonyl (C=O) groups excluding carboxylic acids is 3. The minimum atomic E-state index is -1.26. The zero-order valence-corrected chi connectivity index (χ0v) is 20.2. The average molecular weight is 478 g/mol. The number of quaternary nitrogens is 1. The molecular weight excluding hydrogens is 440 g/mol. The van der Waals surface area contributed by atoms with E-state index in [-0.39, 0.29) is 30.4 Å². The Kier molecular flexibility index (Phi) is 10.0. The van der Waals surface area contributed by atoms with Crippen LogP contribution >= 0.6 is 0 Å². The van der Waals surface area contributed by atoms with Gasteiger partial charge in [0.2, 0.25) is 11.8 Å². The number of amides is 3. The first-order chi connectivity index (χ1) is 16.0. The van der Waals surface area contributed by atoms with Gasteiger partial charge in [0.15, 0.2) is 6.04 Å². The van der Waals surface area contributed by atoms with E-state index in [0.29, 0.717) is 18.1 Å². The quantitative estimate of drug-likeness (QED) is 0.223. The summed E-state index contributed by atoms with van der Waals surface area (Å²) in [6.45, 7) is 4.01. The molecule has 10 nitrogen and oxygen atoms in total. The van der Waals surface area contributed by atoms with Crippen LogP contribution in [0.15, 0.2) is 35.9 Å². The Labute approximate surface area is 199 Å². The molecule has 1 aromatic rings. The van der Waals surface area contributed by atoms with E-state index in [1.54, 1.807) is 43.7 Å². The van der Waals surface area contributed by atoms with E-state index in [1.807, 2.05) is 13.8 Å². The van der Waals surface area contributed by atoms with Gasteiger partial charge in [-0.1, -0.05) is 32.1 Å². The second kappa shape index (κ2) is 12.5. The zero-order chi connectivity index (χ0) is 25.4. The summed E-state index contributed by atoms with van der Waals surface area (Å²) < 4.78 is 5.12. The summed E-state index contributed by atoms with van der Waals surface area (Å²) in [6, 6.07) is 4.73. The normalized spacial score (nSPS) is 21.9. The van der Waals surface area contributed by atoms with Crippen LogP contribution in [0.5, 0.6) is 5.75 Å². The van der Waals surface area contributed by atoms with Gasteiger partial charge in [-0.15, -0.1) is 0 Å². The van der Waals surface area contributed by atoms with Gasteiger partial charge in [0.1, 0.15) is 17.9 Å². The maximum atomic E-state index is 12.9. The fourth-order valence-electron chi connectivity index (χ4n) is 3.91. The molecule has 0 heterocycles. The monoisotopic (exact) mass is 477 g/mol. The minimum absolute atomic E-state index is 0.122. The van der Waals surface area contributed by atoms with Crippen molar-refractivity contribution in [1.82, 2.24) is 10.6 Å². The topological polar surface area (TPSA) is 168 Å². The van der Waals surface area contributed by atoms with Gasteiger partial charge < -0.3 is 36.6 Å². The van der Waals surface area contributed by atoms with Crippen LogP contribution in [-0.2, 0) is 20.8 Å². The van der Waals surface area contributed by atoms with Crippen LogP contribution in [0.3, 0.4) is 0 Å². The number of hydrogen-bond donors (Lipinski definition) is 6. The number of aliphatic hydroxyl groups is 2. The van der Waals surface area contributed by atoms with Crippen molar-refractivity contribution in [2.75, 3.05) is 14.2 Å². The molecule has 3 amide bonds.